The highest BCUT2D eigenvalue weighted by Gasteiger charge is 2.26. The lowest BCUT2D eigenvalue weighted by atomic mass is 10.2. The van der Waals surface area contributed by atoms with Gasteiger partial charge in [0.15, 0.2) is 0 Å². The maximum absolute atomic E-state index is 11.8. The molecule has 9 N–H and O–H groups in total. The normalized spacial score (nSPS) is 11.9. The Balaban J connectivity index is -0.000000701. The van der Waals surface area contributed by atoms with Gasteiger partial charge in [0, 0.05) is 10.7 Å². The van der Waals surface area contributed by atoms with Crippen LogP contribution in [-0.4, -0.2) is 65.4 Å². The molecule has 1 aliphatic heterocycles. The van der Waals surface area contributed by atoms with Crippen molar-refractivity contribution in [2.24, 2.45) is 14.7 Å². The van der Waals surface area contributed by atoms with E-state index in [0.717, 1.165) is 7.14 Å². The number of fused-ring (bicyclic) bond motifs is 1. The van der Waals surface area contributed by atoms with Crippen LogP contribution >= 0.6 is 67.8 Å². The van der Waals surface area contributed by atoms with Gasteiger partial charge in [-0.3, -0.25) is 24.0 Å². The summed E-state index contributed by atoms with van der Waals surface area (Å²) in [5, 5.41) is 23.6. The summed E-state index contributed by atoms with van der Waals surface area (Å²) in [6, 6.07) is 13.9. The Hall–Kier alpha value is -3.16. The fourth-order valence-corrected chi connectivity index (χ4v) is 8.45. The van der Waals surface area contributed by atoms with Gasteiger partial charge in [-0.15, -0.1) is 4.40 Å². The molecule has 0 fully saturated rings. The number of rotatable bonds is 9. The summed E-state index contributed by atoms with van der Waals surface area (Å²) in [4.78, 5) is 52.7. The minimum absolute atomic E-state index is 0. The average molecular weight is 1190 g/mol. The molecule has 0 saturated carbocycles. The van der Waals surface area contributed by atoms with E-state index in [4.69, 9.17) is 21.1 Å². The minimum atomic E-state index is -3.93. The first-order chi connectivity index (χ1) is 24.6. The first kappa shape index (κ1) is 58.2. The third-order valence-corrected chi connectivity index (χ3v) is 11.0. The van der Waals surface area contributed by atoms with E-state index < -0.39 is 48.4 Å². The Morgan fingerprint density at radius 2 is 1.18 bits per heavy atom. The SMILES string of the molecule is C.C.C.CC(=O)CC(=O)Nc1ccc(I)cc1S(N)(=O)=O.CC(=O)CC(C)=O.Nc1ccc(I)cc1S(N)(=O)=O.O=C(O)CC1=NS(=O)(=O)c2cc(I)ccc2N1. The number of sulfonamides is 3. The molecule has 0 saturated heterocycles. The Bertz CT molecular complexity index is 2310. The first-order valence-corrected chi connectivity index (χ1v) is 22.2. The van der Waals surface area contributed by atoms with Crippen LogP contribution in [0.25, 0.3) is 0 Å². The number of primary sulfonamides is 2. The van der Waals surface area contributed by atoms with Crippen molar-refractivity contribution in [3.63, 3.8) is 0 Å². The van der Waals surface area contributed by atoms with Gasteiger partial charge in [0.1, 0.15) is 44.3 Å². The molecule has 1 amide bonds. The summed E-state index contributed by atoms with van der Waals surface area (Å²) in [5.41, 5.74) is 6.02. The summed E-state index contributed by atoms with van der Waals surface area (Å²) < 4.78 is 73.8. The summed E-state index contributed by atoms with van der Waals surface area (Å²) >= 11 is 5.91. The van der Waals surface area contributed by atoms with Gasteiger partial charge in [-0.2, -0.15) is 8.42 Å². The van der Waals surface area contributed by atoms with Gasteiger partial charge < -0.3 is 21.5 Å². The number of carboxylic acid groups (broad SMARTS) is 1. The number of hydrogen-bond donors (Lipinski definition) is 6. The maximum Gasteiger partial charge on any atom is 0.311 e. The van der Waals surface area contributed by atoms with Gasteiger partial charge in [0.2, 0.25) is 26.0 Å². The van der Waals surface area contributed by atoms with Gasteiger partial charge in [0.25, 0.3) is 10.0 Å². The fraction of sp³-hybridized carbons (Fsp3) is 0.273. The number of Topliss-reactive ketones (excluding diaryl/α,β-unsaturated/α-hetero) is 3. The lowest BCUT2D eigenvalue weighted by molar-refractivity contribution is -0.135. The lowest BCUT2D eigenvalue weighted by Gasteiger charge is -2.17. The number of amidine groups is 1. The van der Waals surface area contributed by atoms with Crippen LogP contribution in [0, 0.1) is 10.7 Å². The highest BCUT2D eigenvalue weighted by atomic mass is 127. The number of halogens is 3. The van der Waals surface area contributed by atoms with E-state index in [1.54, 1.807) is 24.3 Å². The Labute approximate surface area is 374 Å². The molecule has 0 atom stereocenters. The monoisotopic (exact) mass is 1190 g/mol. The maximum atomic E-state index is 11.8. The molecular weight excluding hydrogens is 1150 g/mol. The Morgan fingerprint density at radius 3 is 1.60 bits per heavy atom. The fourth-order valence-electron chi connectivity index (χ4n) is 3.77. The second kappa shape index (κ2) is 25.4. The van der Waals surface area contributed by atoms with Crippen molar-refractivity contribution < 1.29 is 54.3 Å². The number of nitrogens with two attached hydrogens (primary N) is 3. The summed E-state index contributed by atoms with van der Waals surface area (Å²) in [6.07, 6.45) is -0.680. The molecule has 4 rings (SSSR count). The van der Waals surface area contributed by atoms with E-state index in [2.05, 4.69) is 15.0 Å². The number of hydrogen-bond acceptors (Lipinski definition) is 13. The van der Waals surface area contributed by atoms with E-state index in [1.807, 2.05) is 67.8 Å². The van der Waals surface area contributed by atoms with E-state index in [0.29, 0.717) is 9.26 Å². The number of benzene rings is 3. The van der Waals surface area contributed by atoms with Gasteiger partial charge >= 0.3 is 5.97 Å². The number of carbonyl (C=O) groups excluding carboxylic acids is 4. The molecule has 3 aromatic carbocycles. The Kier molecular flexibility index (Phi) is 25.9. The van der Waals surface area contributed by atoms with Crippen molar-refractivity contribution in [1.82, 2.24) is 0 Å². The predicted molar refractivity (Wildman–Crippen MR) is 245 cm³/mol. The number of anilines is 3. The zero-order valence-electron chi connectivity index (χ0n) is 28.3. The number of nitrogen functional groups attached to an aromatic ring is 1. The standard InChI is InChI=1S/C10H11IN2O4S.C9H7IN2O4S.C6H7IN2O2S.C5H8O2.3CH4/c1-6(14)4-10(15)13-8-3-2-7(11)5-9(8)18(12,16)17;10-5-1-2-6-7(3-5)17(15,16)12-8(11-6)4-9(13)14;7-4-1-2-5(8)6(3-4)12(9,10)11;1-4(6)3-5(2)7;;;/h2-3,5H,4H2,1H3,(H,13,15)(H2,12,16,17);1-3H,4H2,(H,11,12)(H,13,14);1-3H,8H2,(H2,9,10,11);3H2,1-2H3;3*1H4. The van der Waals surface area contributed by atoms with Crippen LogP contribution < -0.4 is 26.6 Å². The highest BCUT2D eigenvalue weighted by Crippen LogP contribution is 2.29. The molecule has 0 unspecified atom stereocenters. The molecule has 0 spiro atoms. The molecule has 18 nitrogen and oxygen atoms in total. The van der Waals surface area contributed by atoms with E-state index in [-0.39, 0.29) is 84.4 Å². The smallest absolute Gasteiger partial charge is 0.311 e. The van der Waals surface area contributed by atoms with Crippen LogP contribution in [0.4, 0.5) is 17.1 Å². The predicted octanol–water partition coefficient (Wildman–Crippen LogP) is 5.12. The van der Waals surface area contributed by atoms with Crippen molar-refractivity contribution >= 4 is 150 Å². The van der Waals surface area contributed by atoms with Crippen LogP contribution in [0.3, 0.4) is 0 Å². The zero-order valence-corrected chi connectivity index (χ0v) is 37.2. The van der Waals surface area contributed by atoms with Gasteiger partial charge in [0.05, 0.1) is 29.9 Å². The number of carboxylic acids is 1. The number of nitrogens with zero attached hydrogens (tertiary/aromatic N) is 1. The number of amides is 1. The van der Waals surface area contributed by atoms with Crippen molar-refractivity contribution in [2.75, 3.05) is 16.4 Å². The van der Waals surface area contributed by atoms with E-state index in [9.17, 15) is 49.2 Å². The molecule has 1 heterocycles. The van der Waals surface area contributed by atoms with Crippen LogP contribution in [0.5, 0.6) is 0 Å². The summed E-state index contributed by atoms with van der Waals surface area (Å²) in [5.74, 6) is -2.23. The summed E-state index contributed by atoms with van der Waals surface area (Å²) in [6.45, 7) is 4.08. The van der Waals surface area contributed by atoms with E-state index >= 15 is 0 Å². The second-order valence-electron chi connectivity index (χ2n) is 10.8. The second-order valence-corrected chi connectivity index (χ2v) is 19.1. The number of nitrogens with one attached hydrogen (secondary N) is 2. The topological polar surface area (TPSA) is 322 Å². The lowest BCUT2D eigenvalue weighted by Crippen LogP contribution is -2.23. The molecular formula is C33H45I3N6O12S3. The quantitative estimate of drug-likeness (QED) is 0.0921. The molecule has 0 radical (unpaired) electrons. The summed E-state index contributed by atoms with van der Waals surface area (Å²) in [7, 11) is -11.4. The Morgan fingerprint density at radius 1 is 0.737 bits per heavy atom. The molecule has 1 aliphatic rings. The van der Waals surface area contributed by atoms with Crippen LogP contribution in [0.1, 0.15) is 62.3 Å². The number of carbonyl (C=O) groups is 5. The average Bonchev–Trinajstić information content (AvgIpc) is 2.98. The largest absolute Gasteiger partial charge is 0.481 e. The van der Waals surface area contributed by atoms with Crippen molar-refractivity contribution in [3.05, 3.63) is 65.3 Å². The van der Waals surface area contributed by atoms with Crippen LogP contribution in [0.2, 0.25) is 0 Å². The van der Waals surface area contributed by atoms with Crippen LogP contribution in [-0.2, 0) is 54.0 Å². The number of ketones is 3. The van der Waals surface area contributed by atoms with Gasteiger partial charge in [-0.05, 0) is 143 Å². The van der Waals surface area contributed by atoms with Crippen molar-refractivity contribution in [2.45, 2.75) is 77.0 Å². The van der Waals surface area contributed by atoms with E-state index in [1.165, 1.54) is 51.1 Å². The van der Waals surface area contributed by atoms with Crippen molar-refractivity contribution in [1.29, 1.82) is 0 Å². The van der Waals surface area contributed by atoms with Crippen molar-refractivity contribution in [3.8, 4) is 0 Å². The molecule has 0 aromatic heterocycles. The molecule has 318 valence electrons. The van der Waals surface area contributed by atoms with Crippen LogP contribution in [0.15, 0.2) is 73.7 Å². The molecule has 24 heteroatoms. The third kappa shape index (κ3) is 22.0. The third-order valence-electron chi connectivity index (χ3n) is 5.76. The molecule has 0 bridgehead atoms. The molecule has 57 heavy (non-hydrogen) atoms. The first-order valence-electron chi connectivity index (χ1n) is 14.4. The zero-order chi connectivity index (χ0) is 41.8. The molecule has 0 aliphatic carbocycles. The van der Waals surface area contributed by atoms with Gasteiger partial charge in [-0.1, -0.05) is 22.3 Å². The molecule has 3 aromatic rings. The minimum Gasteiger partial charge on any atom is -0.481 e. The highest BCUT2D eigenvalue weighted by molar-refractivity contribution is 14.1. The number of aliphatic carboxylic acids is 1. The van der Waals surface area contributed by atoms with Gasteiger partial charge in [-0.25, -0.2) is 27.1 Å².